The van der Waals surface area contributed by atoms with Gasteiger partial charge in [0.2, 0.25) is 5.75 Å². The Morgan fingerprint density at radius 2 is 1.07 bits per heavy atom. The fourth-order valence-corrected chi connectivity index (χ4v) is 4.68. The Kier molecular flexibility index (Phi) is 8.52. The summed E-state index contributed by atoms with van der Waals surface area (Å²) >= 11 is 0. The lowest BCUT2D eigenvalue weighted by Crippen LogP contribution is -2.37. The van der Waals surface area contributed by atoms with E-state index in [0.29, 0.717) is 5.56 Å². The lowest BCUT2D eigenvalue weighted by Gasteiger charge is -2.33. The Morgan fingerprint density at radius 3 is 1.60 bits per heavy atom. The molecular formula is C27H18F12O3. The number of hydrogen-bond acceptors (Lipinski definition) is 3. The smallest absolute Gasteiger partial charge is 0.432 e. The van der Waals surface area contributed by atoms with Crippen LogP contribution in [0.1, 0.15) is 42.7 Å². The van der Waals surface area contributed by atoms with Crippen LogP contribution in [0.3, 0.4) is 0 Å². The number of hydrogen-bond donors (Lipinski definition) is 0. The summed E-state index contributed by atoms with van der Waals surface area (Å²) in [7, 11) is 0. The van der Waals surface area contributed by atoms with Gasteiger partial charge in [-0.2, -0.15) is 17.6 Å². The first-order valence-corrected chi connectivity index (χ1v) is 12.1. The van der Waals surface area contributed by atoms with Crippen LogP contribution in [0.2, 0.25) is 0 Å². The summed E-state index contributed by atoms with van der Waals surface area (Å²) in [4.78, 5) is 0. The summed E-state index contributed by atoms with van der Waals surface area (Å²) in [5.41, 5.74) is -1.81. The number of benzene rings is 3. The molecule has 3 aromatic carbocycles. The van der Waals surface area contributed by atoms with Crippen molar-refractivity contribution in [1.29, 1.82) is 0 Å². The molecule has 0 aromatic heterocycles. The molecule has 4 rings (SSSR count). The Hall–Kier alpha value is -3.78. The minimum Gasteiger partial charge on any atom is -0.432 e. The molecule has 0 spiro atoms. The van der Waals surface area contributed by atoms with Gasteiger partial charge in [0.25, 0.3) is 0 Å². The number of alkyl halides is 7. The predicted molar refractivity (Wildman–Crippen MR) is 121 cm³/mol. The van der Waals surface area contributed by atoms with Crippen molar-refractivity contribution in [1.82, 2.24) is 0 Å². The lowest BCUT2D eigenvalue weighted by atomic mass is 9.78. The zero-order valence-corrected chi connectivity index (χ0v) is 20.9. The second-order valence-electron chi connectivity index (χ2n) is 9.38. The van der Waals surface area contributed by atoms with Crippen LogP contribution in [0.25, 0.3) is 0 Å². The van der Waals surface area contributed by atoms with Crippen molar-refractivity contribution in [2.75, 3.05) is 0 Å². The zero-order chi connectivity index (χ0) is 31.0. The second-order valence-corrected chi connectivity index (χ2v) is 9.38. The Morgan fingerprint density at radius 1 is 0.571 bits per heavy atom. The Balaban J connectivity index is 1.47. The van der Waals surface area contributed by atoms with E-state index in [-0.39, 0.29) is 55.9 Å². The van der Waals surface area contributed by atoms with Crippen molar-refractivity contribution in [3.05, 3.63) is 88.7 Å². The molecule has 0 heterocycles. The standard InChI is InChI=1S/C27H18F12O3/c28-18-4-2-1-3-17(18)13-5-7-14(8-6-13)25(33,34)40-15-9-19(29)23(20(30)10-15)26(35,36)41-16-11-21(31)24(22(32)12-16)42-27(37,38)39/h1-4,9-14H,5-8H2. The highest BCUT2D eigenvalue weighted by Gasteiger charge is 2.46. The van der Waals surface area contributed by atoms with Gasteiger partial charge in [0.05, 0.1) is 5.92 Å². The van der Waals surface area contributed by atoms with Gasteiger partial charge in [-0.3, -0.25) is 0 Å². The van der Waals surface area contributed by atoms with E-state index in [9.17, 15) is 52.7 Å². The van der Waals surface area contributed by atoms with Gasteiger partial charge in [-0.25, -0.2) is 22.0 Å². The van der Waals surface area contributed by atoms with E-state index >= 15 is 0 Å². The van der Waals surface area contributed by atoms with Crippen molar-refractivity contribution in [2.45, 2.75) is 50.2 Å². The summed E-state index contributed by atoms with van der Waals surface area (Å²) < 4.78 is 178. The third-order valence-corrected chi connectivity index (χ3v) is 6.54. The fourth-order valence-electron chi connectivity index (χ4n) is 4.68. The van der Waals surface area contributed by atoms with E-state index in [1.807, 2.05) is 0 Å². The van der Waals surface area contributed by atoms with Crippen molar-refractivity contribution < 1.29 is 66.9 Å². The molecule has 0 saturated heterocycles. The highest BCUT2D eigenvalue weighted by molar-refractivity contribution is 5.37. The molecule has 0 bridgehead atoms. The monoisotopic (exact) mass is 618 g/mol. The van der Waals surface area contributed by atoms with Crippen molar-refractivity contribution in [3.8, 4) is 17.2 Å². The SMILES string of the molecule is Fc1ccccc1C1CCC(C(F)(F)Oc2cc(F)c(C(F)(F)Oc3cc(F)c(OC(F)(F)F)c(F)c3)c(F)c2)CC1. The Bertz CT molecular complexity index is 1390. The number of halogens is 12. The van der Waals surface area contributed by atoms with Crippen LogP contribution in [0.4, 0.5) is 52.7 Å². The molecule has 1 aliphatic carbocycles. The molecule has 3 aromatic rings. The largest absolute Gasteiger partial charge is 0.573 e. The summed E-state index contributed by atoms with van der Waals surface area (Å²) in [6.45, 7) is 0. The first-order chi connectivity index (χ1) is 19.5. The summed E-state index contributed by atoms with van der Waals surface area (Å²) in [6, 6.07) is 5.55. The van der Waals surface area contributed by atoms with E-state index in [2.05, 4.69) is 14.2 Å². The van der Waals surface area contributed by atoms with Gasteiger partial charge in [0.1, 0.15) is 34.5 Å². The van der Waals surface area contributed by atoms with Crippen LogP contribution >= 0.6 is 0 Å². The minimum absolute atomic E-state index is 0.00993. The van der Waals surface area contributed by atoms with Crippen LogP contribution in [-0.4, -0.2) is 12.5 Å². The van der Waals surface area contributed by atoms with E-state index in [4.69, 9.17) is 0 Å². The molecule has 1 aliphatic rings. The van der Waals surface area contributed by atoms with Gasteiger partial charge in [0.15, 0.2) is 11.6 Å². The molecular weight excluding hydrogens is 600 g/mol. The average molecular weight is 618 g/mol. The molecule has 42 heavy (non-hydrogen) atoms. The van der Waals surface area contributed by atoms with Crippen LogP contribution in [0.5, 0.6) is 17.2 Å². The second kappa shape index (κ2) is 11.5. The molecule has 1 fully saturated rings. The van der Waals surface area contributed by atoms with E-state index in [0.717, 1.165) is 0 Å². The van der Waals surface area contributed by atoms with E-state index in [1.54, 1.807) is 6.07 Å². The first kappa shape index (κ1) is 31.2. The highest BCUT2D eigenvalue weighted by Crippen LogP contribution is 2.45. The van der Waals surface area contributed by atoms with Crippen molar-refractivity contribution >= 4 is 0 Å². The molecule has 228 valence electrons. The Labute approximate surface area is 229 Å². The normalized spacial score (nSPS) is 18.1. The summed E-state index contributed by atoms with van der Waals surface area (Å²) in [5, 5.41) is 0. The van der Waals surface area contributed by atoms with Gasteiger partial charge in [0, 0.05) is 24.3 Å². The molecule has 1 saturated carbocycles. The summed E-state index contributed by atoms with van der Waals surface area (Å²) in [5.74, 6) is -15.5. The maximum atomic E-state index is 14.8. The third kappa shape index (κ3) is 6.98. The van der Waals surface area contributed by atoms with Gasteiger partial charge < -0.3 is 14.2 Å². The van der Waals surface area contributed by atoms with Gasteiger partial charge >= 0.3 is 18.6 Å². The van der Waals surface area contributed by atoms with Crippen LogP contribution in [0, 0.1) is 35.0 Å². The topological polar surface area (TPSA) is 27.7 Å². The number of rotatable bonds is 8. The molecule has 0 aliphatic heterocycles. The van der Waals surface area contributed by atoms with Gasteiger partial charge in [-0.15, -0.1) is 13.2 Å². The fraction of sp³-hybridized carbons (Fsp3) is 0.333. The van der Waals surface area contributed by atoms with Crippen molar-refractivity contribution in [3.63, 3.8) is 0 Å². The molecule has 0 amide bonds. The first-order valence-electron chi connectivity index (χ1n) is 12.1. The van der Waals surface area contributed by atoms with Crippen molar-refractivity contribution in [2.24, 2.45) is 5.92 Å². The molecule has 0 unspecified atom stereocenters. The predicted octanol–water partition coefficient (Wildman–Crippen LogP) is 9.35. The summed E-state index contributed by atoms with van der Waals surface area (Å²) in [6.07, 6.45) is -14.6. The maximum Gasteiger partial charge on any atom is 0.573 e. The lowest BCUT2D eigenvalue weighted by molar-refractivity contribution is -0.276. The molecule has 0 radical (unpaired) electrons. The van der Waals surface area contributed by atoms with Crippen LogP contribution < -0.4 is 14.2 Å². The molecule has 15 heteroatoms. The highest BCUT2D eigenvalue weighted by atomic mass is 19.4. The van der Waals surface area contributed by atoms with E-state index in [1.165, 1.54) is 18.2 Å². The van der Waals surface area contributed by atoms with E-state index < -0.39 is 76.4 Å². The maximum absolute atomic E-state index is 14.8. The van der Waals surface area contributed by atoms with Crippen LogP contribution in [0.15, 0.2) is 48.5 Å². The van der Waals surface area contributed by atoms with Crippen LogP contribution in [-0.2, 0) is 6.11 Å². The number of ether oxygens (including phenoxy) is 3. The molecule has 3 nitrogen and oxygen atoms in total. The average Bonchev–Trinajstić information content (AvgIpc) is 2.85. The third-order valence-electron chi connectivity index (χ3n) is 6.54. The zero-order valence-electron chi connectivity index (χ0n) is 20.9. The minimum atomic E-state index is -5.54. The van der Waals surface area contributed by atoms with Gasteiger partial charge in [-0.05, 0) is 43.2 Å². The van der Waals surface area contributed by atoms with Gasteiger partial charge in [-0.1, -0.05) is 18.2 Å². The quantitative estimate of drug-likeness (QED) is 0.236. The molecule has 0 atom stereocenters. The molecule has 0 N–H and O–H groups in total.